The molecule has 0 radical (unpaired) electrons. The fraction of sp³-hybridized carbons (Fsp3) is 0.267. The summed E-state index contributed by atoms with van der Waals surface area (Å²) in [6, 6.07) is 14.8. The zero-order valence-corrected chi connectivity index (χ0v) is 26.0. The number of aryl methyl sites for hydroxylation is 1. The molecule has 3 aromatic carbocycles. The Hall–Kier alpha value is -3.50. The SMILES string of the molecule is CCOc1cc(C)c(-c2nc3ccccc3c(=O)n2N=Cc2cc(Br)c(OCC(=O)OC)c(Br)c2)cc1C(C)C. The van der Waals surface area contributed by atoms with Gasteiger partial charge in [-0.15, -0.1) is 0 Å². The van der Waals surface area contributed by atoms with E-state index in [-0.39, 0.29) is 18.1 Å². The molecule has 4 rings (SSSR count). The number of aromatic nitrogens is 2. The molecule has 0 N–H and O–H groups in total. The van der Waals surface area contributed by atoms with Crippen LogP contribution in [0.4, 0.5) is 0 Å². The number of nitrogens with zero attached hydrogens (tertiary/aromatic N) is 3. The minimum absolute atomic E-state index is 0.194. The minimum atomic E-state index is -0.495. The minimum Gasteiger partial charge on any atom is -0.494 e. The third-order valence-electron chi connectivity index (χ3n) is 6.18. The first-order valence-corrected chi connectivity index (χ1v) is 14.3. The van der Waals surface area contributed by atoms with Crippen molar-refractivity contribution in [2.24, 2.45) is 5.10 Å². The van der Waals surface area contributed by atoms with E-state index in [4.69, 9.17) is 14.5 Å². The van der Waals surface area contributed by atoms with E-state index in [0.717, 1.165) is 22.4 Å². The Bertz CT molecular complexity index is 1640. The number of hydrogen-bond donors (Lipinski definition) is 0. The van der Waals surface area contributed by atoms with Crippen LogP contribution in [-0.2, 0) is 9.53 Å². The van der Waals surface area contributed by atoms with Crippen LogP contribution in [0.2, 0.25) is 0 Å². The lowest BCUT2D eigenvalue weighted by Crippen LogP contribution is -2.21. The Labute approximate surface area is 249 Å². The summed E-state index contributed by atoms with van der Waals surface area (Å²) >= 11 is 6.97. The van der Waals surface area contributed by atoms with Crippen molar-refractivity contribution in [1.29, 1.82) is 0 Å². The van der Waals surface area contributed by atoms with E-state index in [0.29, 0.717) is 43.6 Å². The van der Waals surface area contributed by atoms with Gasteiger partial charge in [0.15, 0.2) is 12.4 Å². The molecule has 40 heavy (non-hydrogen) atoms. The summed E-state index contributed by atoms with van der Waals surface area (Å²) in [5.41, 5.74) is 3.72. The van der Waals surface area contributed by atoms with Crippen molar-refractivity contribution >= 4 is 54.9 Å². The van der Waals surface area contributed by atoms with E-state index in [1.807, 2.05) is 38.1 Å². The van der Waals surface area contributed by atoms with Crippen LogP contribution in [0.1, 0.15) is 43.4 Å². The maximum Gasteiger partial charge on any atom is 0.343 e. The van der Waals surface area contributed by atoms with E-state index in [9.17, 15) is 9.59 Å². The van der Waals surface area contributed by atoms with E-state index < -0.39 is 5.97 Å². The van der Waals surface area contributed by atoms with Crippen molar-refractivity contribution in [3.63, 3.8) is 0 Å². The van der Waals surface area contributed by atoms with Crippen LogP contribution in [0.3, 0.4) is 0 Å². The molecule has 4 aromatic rings. The van der Waals surface area contributed by atoms with E-state index >= 15 is 0 Å². The molecule has 0 bridgehead atoms. The van der Waals surface area contributed by atoms with Gasteiger partial charge in [0.25, 0.3) is 5.56 Å². The van der Waals surface area contributed by atoms with Crippen molar-refractivity contribution in [3.8, 4) is 22.9 Å². The normalized spacial score (nSPS) is 11.4. The van der Waals surface area contributed by atoms with Gasteiger partial charge in [0.05, 0.1) is 39.8 Å². The fourth-order valence-corrected chi connectivity index (χ4v) is 5.63. The molecule has 0 amide bonds. The Morgan fingerprint density at radius 1 is 1.10 bits per heavy atom. The van der Waals surface area contributed by atoms with Gasteiger partial charge in [-0.3, -0.25) is 4.79 Å². The number of halogens is 2. The third kappa shape index (κ3) is 6.28. The summed E-state index contributed by atoms with van der Waals surface area (Å²) in [4.78, 5) is 30.1. The van der Waals surface area contributed by atoms with Crippen LogP contribution in [0, 0.1) is 6.92 Å². The van der Waals surface area contributed by atoms with Crippen molar-refractivity contribution in [3.05, 3.63) is 84.5 Å². The molecule has 1 heterocycles. The third-order valence-corrected chi connectivity index (χ3v) is 7.36. The van der Waals surface area contributed by atoms with Gasteiger partial charge in [-0.1, -0.05) is 26.0 Å². The van der Waals surface area contributed by atoms with Crippen molar-refractivity contribution < 1.29 is 19.0 Å². The van der Waals surface area contributed by atoms with Gasteiger partial charge in [0.2, 0.25) is 0 Å². The predicted molar refractivity (Wildman–Crippen MR) is 164 cm³/mol. The lowest BCUT2D eigenvalue weighted by molar-refractivity contribution is -0.142. The highest BCUT2D eigenvalue weighted by Crippen LogP contribution is 2.36. The maximum atomic E-state index is 13.7. The lowest BCUT2D eigenvalue weighted by Gasteiger charge is -2.18. The molecule has 0 aliphatic rings. The quantitative estimate of drug-likeness (QED) is 0.143. The van der Waals surface area contributed by atoms with Crippen LogP contribution in [0.15, 0.2) is 67.4 Å². The van der Waals surface area contributed by atoms with E-state index in [1.54, 1.807) is 30.5 Å². The van der Waals surface area contributed by atoms with E-state index in [2.05, 4.69) is 55.5 Å². The molecule has 10 heteroatoms. The molecule has 1 aromatic heterocycles. The molecule has 0 saturated heterocycles. The summed E-state index contributed by atoms with van der Waals surface area (Å²) in [5.74, 6) is 1.39. The summed E-state index contributed by atoms with van der Waals surface area (Å²) in [7, 11) is 1.30. The number of esters is 1. The molecule has 0 spiro atoms. The Morgan fingerprint density at radius 2 is 1.80 bits per heavy atom. The molecule has 0 saturated carbocycles. The van der Waals surface area contributed by atoms with Gasteiger partial charge < -0.3 is 14.2 Å². The number of benzene rings is 3. The second-order valence-corrected chi connectivity index (χ2v) is 11.0. The van der Waals surface area contributed by atoms with Gasteiger partial charge in [0, 0.05) is 5.56 Å². The Morgan fingerprint density at radius 3 is 2.45 bits per heavy atom. The molecular formula is C30H29Br2N3O5. The number of fused-ring (bicyclic) bond motifs is 1. The van der Waals surface area contributed by atoms with E-state index in [1.165, 1.54) is 11.8 Å². The van der Waals surface area contributed by atoms with Gasteiger partial charge >= 0.3 is 5.97 Å². The summed E-state index contributed by atoms with van der Waals surface area (Å²) < 4.78 is 18.6. The zero-order chi connectivity index (χ0) is 29.0. The number of hydrogen-bond acceptors (Lipinski definition) is 7. The topological polar surface area (TPSA) is 92.0 Å². The number of ether oxygens (including phenoxy) is 3. The highest BCUT2D eigenvalue weighted by Gasteiger charge is 2.19. The predicted octanol–water partition coefficient (Wildman–Crippen LogP) is 6.85. The molecule has 8 nitrogen and oxygen atoms in total. The molecule has 0 aliphatic carbocycles. The van der Waals surface area contributed by atoms with Gasteiger partial charge in [0.1, 0.15) is 11.5 Å². The highest BCUT2D eigenvalue weighted by molar-refractivity contribution is 9.11. The van der Waals surface area contributed by atoms with Gasteiger partial charge in [-0.2, -0.15) is 9.78 Å². The van der Waals surface area contributed by atoms with Crippen LogP contribution in [0.5, 0.6) is 11.5 Å². The van der Waals surface area contributed by atoms with Crippen LogP contribution in [-0.4, -0.2) is 42.2 Å². The number of para-hydroxylation sites is 1. The number of carbonyl (C=O) groups is 1. The number of rotatable bonds is 9. The standard InChI is InChI=1S/C30H29Br2N3O5/c1-6-39-26-11-18(4)22(14-21(26)17(2)3)29-34-25-10-8-7-9-20(25)30(37)35(29)33-15-19-12-23(31)28(24(32)13-19)40-16-27(36)38-5/h7-15,17H,6,16H2,1-5H3. The zero-order valence-electron chi connectivity index (χ0n) is 22.8. The Balaban J connectivity index is 1.86. The monoisotopic (exact) mass is 669 g/mol. The number of methoxy groups -OCH3 is 1. The van der Waals surface area contributed by atoms with Gasteiger partial charge in [-0.25, -0.2) is 9.78 Å². The molecule has 0 aliphatic heterocycles. The highest BCUT2D eigenvalue weighted by atomic mass is 79.9. The maximum absolute atomic E-state index is 13.7. The molecule has 0 unspecified atom stereocenters. The average Bonchev–Trinajstić information content (AvgIpc) is 2.92. The average molecular weight is 671 g/mol. The van der Waals surface area contributed by atoms with Gasteiger partial charge in [-0.05, 0) is 105 Å². The molecular weight excluding hydrogens is 642 g/mol. The second-order valence-electron chi connectivity index (χ2n) is 9.29. The lowest BCUT2D eigenvalue weighted by atomic mass is 9.96. The molecule has 0 atom stereocenters. The smallest absolute Gasteiger partial charge is 0.343 e. The van der Waals surface area contributed by atoms with Crippen LogP contribution < -0.4 is 15.0 Å². The summed E-state index contributed by atoms with van der Waals surface area (Å²) in [5, 5.41) is 5.07. The fourth-order valence-electron chi connectivity index (χ4n) is 4.18. The Kier molecular flexibility index (Phi) is 9.42. The van der Waals surface area contributed by atoms with Crippen molar-refractivity contribution in [2.75, 3.05) is 20.3 Å². The second kappa shape index (κ2) is 12.8. The van der Waals surface area contributed by atoms with Crippen molar-refractivity contribution in [1.82, 2.24) is 9.66 Å². The largest absolute Gasteiger partial charge is 0.494 e. The van der Waals surface area contributed by atoms with Crippen LogP contribution in [0.25, 0.3) is 22.3 Å². The summed E-state index contributed by atoms with van der Waals surface area (Å²) in [6.45, 7) is 8.45. The van der Waals surface area contributed by atoms with Crippen LogP contribution >= 0.6 is 31.9 Å². The molecule has 208 valence electrons. The first-order valence-electron chi connectivity index (χ1n) is 12.7. The number of carbonyl (C=O) groups excluding carboxylic acids is 1. The first-order chi connectivity index (χ1) is 19.1. The summed E-state index contributed by atoms with van der Waals surface area (Å²) in [6.07, 6.45) is 1.58. The molecule has 0 fully saturated rings. The van der Waals surface area contributed by atoms with Crippen molar-refractivity contribution in [2.45, 2.75) is 33.6 Å². The first kappa shape index (κ1) is 29.5.